The van der Waals surface area contributed by atoms with E-state index in [-0.39, 0.29) is 11.3 Å². The van der Waals surface area contributed by atoms with Crippen molar-refractivity contribution >= 4 is 44.9 Å². The summed E-state index contributed by atoms with van der Waals surface area (Å²) < 4.78 is 0. The van der Waals surface area contributed by atoms with Crippen molar-refractivity contribution in [2.75, 3.05) is 10.7 Å². The van der Waals surface area contributed by atoms with Crippen LogP contribution < -0.4 is 10.7 Å². The first-order valence-corrected chi connectivity index (χ1v) is 11.9. The molecule has 0 spiro atoms. The predicted molar refractivity (Wildman–Crippen MR) is 136 cm³/mol. The maximum Gasteiger partial charge on any atom is 0.266 e. The van der Waals surface area contributed by atoms with Crippen LogP contribution in [-0.4, -0.2) is 17.1 Å². The first-order valence-electron chi connectivity index (χ1n) is 10.2. The number of hydrogen-bond acceptors (Lipinski definition) is 6. The van der Waals surface area contributed by atoms with E-state index < -0.39 is 0 Å². The molecule has 0 unspecified atom stereocenters. The third-order valence-electron chi connectivity index (χ3n) is 4.80. The molecule has 0 atom stereocenters. The zero-order valence-corrected chi connectivity index (χ0v) is 19.8. The fraction of sp³-hybridized carbons (Fsp3) is 0.160. The summed E-state index contributed by atoms with van der Waals surface area (Å²) in [5.74, 6) is -0.144. The van der Waals surface area contributed by atoms with E-state index in [0.717, 1.165) is 11.1 Å². The molecule has 0 aliphatic heterocycles. The molecule has 0 saturated carbocycles. The Bertz CT molecular complexity index is 1210. The van der Waals surface area contributed by atoms with E-state index in [1.165, 1.54) is 28.2 Å². The van der Waals surface area contributed by atoms with Crippen molar-refractivity contribution in [2.24, 2.45) is 5.10 Å². The van der Waals surface area contributed by atoms with E-state index in [0.29, 0.717) is 20.7 Å². The average molecular weight is 461 g/mol. The standard InChI is InChI=1S/C25H24N4OS2/c1-25(2,3)19-13-11-17(12-14-19)16-26-29-24-27-21(18-8-5-4-6-9-18)23(32-24)28-22(30)20-10-7-15-31-20/h4-16H,1-3H3,(H,27,29)(H,28,30). The quantitative estimate of drug-likeness (QED) is 0.244. The summed E-state index contributed by atoms with van der Waals surface area (Å²) in [6.07, 6.45) is 1.76. The zero-order chi connectivity index (χ0) is 22.6. The molecule has 4 aromatic rings. The molecule has 7 heteroatoms. The van der Waals surface area contributed by atoms with E-state index in [1.54, 1.807) is 12.3 Å². The van der Waals surface area contributed by atoms with Crippen LogP contribution in [0.25, 0.3) is 11.3 Å². The summed E-state index contributed by atoms with van der Waals surface area (Å²) >= 11 is 2.76. The molecule has 0 aliphatic carbocycles. The fourth-order valence-electron chi connectivity index (χ4n) is 3.05. The van der Waals surface area contributed by atoms with E-state index in [4.69, 9.17) is 0 Å². The minimum absolute atomic E-state index is 0.118. The molecule has 2 aromatic carbocycles. The Hall–Kier alpha value is -3.29. The van der Waals surface area contributed by atoms with Crippen molar-refractivity contribution in [3.05, 3.63) is 88.1 Å². The number of amides is 1. The van der Waals surface area contributed by atoms with Crippen LogP contribution in [0.15, 0.2) is 77.2 Å². The molecule has 2 aromatic heterocycles. The Morgan fingerprint density at radius 2 is 1.75 bits per heavy atom. The van der Waals surface area contributed by atoms with E-state index in [1.807, 2.05) is 41.8 Å². The van der Waals surface area contributed by atoms with E-state index in [2.05, 4.69) is 65.9 Å². The summed E-state index contributed by atoms with van der Waals surface area (Å²) in [7, 11) is 0. The maximum absolute atomic E-state index is 12.6. The Kier molecular flexibility index (Phi) is 6.48. The van der Waals surface area contributed by atoms with Gasteiger partial charge in [-0.15, -0.1) is 11.3 Å². The maximum atomic E-state index is 12.6. The van der Waals surface area contributed by atoms with E-state index >= 15 is 0 Å². The molecule has 2 N–H and O–H groups in total. The minimum Gasteiger partial charge on any atom is -0.311 e. The molecule has 0 fully saturated rings. The van der Waals surface area contributed by atoms with Crippen LogP contribution >= 0.6 is 22.7 Å². The fourth-order valence-corrected chi connectivity index (χ4v) is 4.50. The second-order valence-electron chi connectivity index (χ2n) is 8.24. The largest absolute Gasteiger partial charge is 0.311 e. The molecular weight excluding hydrogens is 436 g/mol. The van der Waals surface area contributed by atoms with Crippen molar-refractivity contribution in [3.8, 4) is 11.3 Å². The van der Waals surface area contributed by atoms with Gasteiger partial charge in [0.15, 0.2) is 0 Å². The van der Waals surface area contributed by atoms with Gasteiger partial charge in [0.25, 0.3) is 5.91 Å². The van der Waals surface area contributed by atoms with Crippen molar-refractivity contribution in [2.45, 2.75) is 26.2 Å². The van der Waals surface area contributed by atoms with Gasteiger partial charge in [0.05, 0.1) is 11.1 Å². The van der Waals surface area contributed by atoms with Crippen LogP contribution in [0.2, 0.25) is 0 Å². The van der Waals surface area contributed by atoms with Crippen molar-refractivity contribution in [1.29, 1.82) is 0 Å². The average Bonchev–Trinajstić information content (AvgIpc) is 3.45. The monoisotopic (exact) mass is 460 g/mol. The molecule has 0 radical (unpaired) electrons. The highest BCUT2D eigenvalue weighted by Gasteiger charge is 2.17. The Balaban J connectivity index is 1.53. The predicted octanol–water partition coefficient (Wildman–Crippen LogP) is 6.87. The number of rotatable bonds is 6. The number of thiazole rings is 1. The highest BCUT2D eigenvalue weighted by molar-refractivity contribution is 7.20. The van der Waals surface area contributed by atoms with Gasteiger partial charge >= 0.3 is 0 Å². The number of hydrogen-bond donors (Lipinski definition) is 2. The lowest BCUT2D eigenvalue weighted by Gasteiger charge is -2.18. The molecule has 1 amide bonds. The van der Waals surface area contributed by atoms with Crippen LogP contribution in [0.1, 0.15) is 41.6 Å². The molecule has 0 aliphatic rings. The number of carbonyl (C=O) groups excluding carboxylic acids is 1. The first-order chi connectivity index (χ1) is 15.4. The number of hydrazone groups is 1. The Labute approximate surface area is 195 Å². The SMILES string of the molecule is CC(C)(C)c1ccc(C=NNc2nc(-c3ccccc3)c(NC(=O)c3cccs3)s2)cc1. The molecule has 0 saturated heterocycles. The Morgan fingerprint density at radius 1 is 1.00 bits per heavy atom. The van der Waals surface area contributed by atoms with Crippen LogP contribution in [-0.2, 0) is 5.41 Å². The van der Waals surface area contributed by atoms with Gasteiger partial charge in [-0.3, -0.25) is 10.2 Å². The van der Waals surface area contributed by atoms with Crippen molar-refractivity contribution < 1.29 is 4.79 Å². The van der Waals surface area contributed by atoms with Gasteiger partial charge in [-0.1, -0.05) is 92.8 Å². The van der Waals surface area contributed by atoms with Gasteiger partial charge in [0.2, 0.25) is 5.13 Å². The smallest absolute Gasteiger partial charge is 0.266 e. The van der Waals surface area contributed by atoms with Gasteiger partial charge < -0.3 is 5.32 Å². The number of benzene rings is 2. The number of anilines is 2. The number of nitrogens with one attached hydrogen (secondary N) is 2. The van der Waals surface area contributed by atoms with E-state index in [9.17, 15) is 4.79 Å². The Morgan fingerprint density at radius 3 is 2.41 bits per heavy atom. The van der Waals surface area contributed by atoms with Gasteiger partial charge in [0, 0.05) is 5.56 Å². The third-order valence-corrected chi connectivity index (χ3v) is 6.54. The number of carbonyl (C=O) groups is 1. The third kappa shape index (κ3) is 5.30. The van der Waals surface area contributed by atoms with Gasteiger partial charge in [-0.2, -0.15) is 5.10 Å². The van der Waals surface area contributed by atoms with Crippen LogP contribution in [0.4, 0.5) is 10.1 Å². The number of thiophene rings is 1. The lowest BCUT2D eigenvalue weighted by Crippen LogP contribution is -2.10. The first kappa shape index (κ1) is 21.9. The van der Waals surface area contributed by atoms with Crippen molar-refractivity contribution in [3.63, 3.8) is 0 Å². The summed E-state index contributed by atoms with van der Waals surface area (Å²) in [6, 6.07) is 21.8. The molecule has 162 valence electrons. The number of aromatic nitrogens is 1. The highest BCUT2D eigenvalue weighted by atomic mass is 32.1. The lowest BCUT2D eigenvalue weighted by molar-refractivity contribution is 0.103. The summed E-state index contributed by atoms with van der Waals surface area (Å²) in [4.78, 5) is 17.9. The van der Waals surface area contributed by atoms with Crippen LogP contribution in [0, 0.1) is 0 Å². The zero-order valence-electron chi connectivity index (χ0n) is 18.1. The highest BCUT2D eigenvalue weighted by Crippen LogP contribution is 2.36. The topological polar surface area (TPSA) is 66.4 Å². The lowest BCUT2D eigenvalue weighted by atomic mass is 9.87. The second-order valence-corrected chi connectivity index (χ2v) is 10.2. The molecule has 0 bridgehead atoms. The summed E-state index contributed by atoms with van der Waals surface area (Å²) in [6.45, 7) is 6.58. The molecule has 32 heavy (non-hydrogen) atoms. The summed E-state index contributed by atoms with van der Waals surface area (Å²) in [5.41, 5.74) is 7.04. The van der Waals surface area contributed by atoms with Crippen molar-refractivity contribution in [1.82, 2.24) is 4.98 Å². The second kappa shape index (κ2) is 9.46. The minimum atomic E-state index is -0.144. The summed E-state index contributed by atoms with van der Waals surface area (Å²) in [5, 5.41) is 10.5. The molecular formula is C25H24N4OS2. The van der Waals surface area contributed by atoms with Gasteiger partial charge in [0.1, 0.15) is 10.7 Å². The molecule has 5 nitrogen and oxygen atoms in total. The van der Waals surface area contributed by atoms with Gasteiger partial charge in [-0.05, 0) is 28.0 Å². The van der Waals surface area contributed by atoms with Crippen LogP contribution in [0.3, 0.4) is 0 Å². The molecule has 2 heterocycles. The normalized spacial score (nSPS) is 11.6. The molecule has 4 rings (SSSR count). The number of nitrogens with zero attached hydrogens (tertiary/aromatic N) is 2. The van der Waals surface area contributed by atoms with Gasteiger partial charge in [-0.25, -0.2) is 4.98 Å². The van der Waals surface area contributed by atoms with Crippen LogP contribution in [0.5, 0.6) is 0 Å².